The topological polar surface area (TPSA) is 33.5 Å². The molecule has 8 aromatic rings. The molecule has 58 heavy (non-hydrogen) atoms. The lowest BCUT2D eigenvalue weighted by Gasteiger charge is -2.31. The fraction of sp³-hybridized carbons (Fsp3) is 0.185. The number of rotatable bonds is 3. The first-order valence-corrected chi connectivity index (χ1v) is 20.6. The Morgan fingerprint density at radius 3 is 2.24 bits per heavy atom. The van der Waals surface area contributed by atoms with Gasteiger partial charge in [0.2, 0.25) is 11.4 Å². The van der Waals surface area contributed by atoms with Crippen LogP contribution in [-0.2, 0) is 11.8 Å². The molecular weight excluding hydrogens is 705 g/mol. The number of aromatic nitrogens is 4. The summed E-state index contributed by atoms with van der Waals surface area (Å²) < 4.78 is 4.91. The number of hydrogen-bond acceptors (Lipinski definition) is 2. The van der Waals surface area contributed by atoms with E-state index in [0.717, 1.165) is 52.6 Å². The molecule has 5 heterocycles. The summed E-state index contributed by atoms with van der Waals surface area (Å²) in [6, 6.07) is 49.5. The molecule has 4 heteroatoms. The van der Waals surface area contributed by atoms with Crippen LogP contribution in [0.4, 0.5) is 0 Å². The number of aryl methyl sites for hydroxylation is 2. The molecule has 0 bridgehead atoms. The van der Waals surface area contributed by atoms with Gasteiger partial charge in [0.25, 0.3) is 0 Å². The predicted molar refractivity (Wildman–Crippen MR) is 237 cm³/mol. The van der Waals surface area contributed by atoms with Gasteiger partial charge in [0.1, 0.15) is 6.33 Å². The Hall–Kier alpha value is -6.52. The molecule has 0 amide bonds. The minimum atomic E-state index is -0.0200. The molecule has 0 N–H and O–H groups in total. The van der Waals surface area contributed by atoms with Crippen molar-refractivity contribution in [2.45, 2.75) is 64.3 Å². The first-order chi connectivity index (χ1) is 28.2. The van der Waals surface area contributed by atoms with Gasteiger partial charge in [0.05, 0.1) is 17.5 Å². The molecule has 4 nitrogen and oxygen atoms in total. The van der Waals surface area contributed by atoms with E-state index in [2.05, 4.69) is 188 Å². The van der Waals surface area contributed by atoms with Crippen LogP contribution >= 0.6 is 0 Å². The third-order valence-electron chi connectivity index (χ3n) is 12.6. The molecule has 0 radical (unpaired) electrons. The van der Waals surface area contributed by atoms with Crippen molar-refractivity contribution in [2.75, 3.05) is 0 Å². The van der Waals surface area contributed by atoms with Crippen molar-refractivity contribution in [1.82, 2.24) is 9.97 Å². The highest BCUT2D eigenvalue weighted by atomic mass is 15.0. The summed E-state index contributed by atoms with van der Waals surface area (Å²) in [6.07, 6.45) is 11.1. The summed E-state index contributed by atoms with van der Waals surface area (Å²) in [6.45, 7) is 13.9. The average molecular weight is 753 g/mol. The molecule has 0 saturated carbocycles. The molecule has 0 fully saturated rings. The summed E-state index contributed by atoms with van der Waals surface area (Å²) >= 11 is 0. The van der Waals surface area contributed by atoms with Gasteiger partial charge in [-0.3, -0.25) is 0 Å². The molecule has 2 unspecified atom stereocenters. The highest BCUT2D eigenvalue weighted by Gasteiger charge is 2.42. The molecular formula is C54H48N4+2. The van der Waals surface area contributed by atoms with Crippen molar-refractivity contribution in [3.63, 3.8) is 0 Å². The lowest BCUT2D eigenvalue weighted by molar-refractivity contribution is -0.720. The van der Waals surface area contributed by atoms with Crippen molar-refractivity contribution in [3.8, 4) is 55.9 Å². The second-order valence-corrected chi connectivity index (χ2v) is 17.2. The quantitative estimate of drug-likeness (QED) is 0.168. The minimum Gasteiger partial charge on any atom is -0.244 e. The Labute approximate surface area is 341 Å². The molecule has 0 spiro atoms. The van der Waals surface area contributed by atoms with E-state index in [-0.39, 0.29) is 11.5 Å². The number of hydrogen-bond donors (Lipinski definition) is 0. The molecule has 2 atom stereocenters. The van der Waals surface area contributed by atoms with Gasteiger partial charge < -0.3 is 0 Å². The zero-order valence-corrected chi connectivity index (χ0v) is 33.8. The van der Waals surface area contributed by atoms with Gasteiger partial charge in [0.15, 0.2) is 24.1 Å². The summed E-state index contributed by atoms with van der Waals surface area (Å²) in [7, 11) is 0. The molecule has 0 aliphatic carbocycles. The highest BCUT2D eigenvalue weighted by Crippen LogP contribution is 2.45. The first-order valence-electron chi connectivity index (χ1n) is 20.6. The van der Waals surface area contributed by atoms with Gasteiger partial charge in [-0.15, -0.1) is 0 Å². The number of allylic oxidation sites excluding steroid dienone is 1. The lowest BCUT2D eigenvalue weighted by Crippen LogP contribution is -2.49. The Morgan fingerprint density at radius 1 is 0.655 bits per heavy atom. The van der Waals surface area contributed by atoms with Crippen LogP contribution in [0.15, 0.2) is 165 Å². The second kappa shape index (κ2) is 14.1. The normalized spacial score (nSPS) is 16.1. The van der Waals surface area contributed by atoms with E-state index in [0.29, 0.717) is 5.92 Å². The van der Waals surface area contributed by atoms with Gasteiger partial charge in [-0.2, -0.15) is 9.13 Å². The van der Waals surface area contributed by atoms with E-state index in [9.17, 15) is 0 Å². The predicted octanol–water partition coefficient (Wildman–Crippen LogP) is 12.3. The van der Waals surface area contributed by atoms with Crippen LogP contribution in [0.2, 0.25) is 0 Å². The van der Waals surface area contributed by atoms with E-state index in [1.807, 2.05) is 6.20 Å². The Morgan fingerprint density at radius 2 is 1.41 bits per heavy atom. The Balaban J connectivity index is 1.14. The fourth-order valence-corrected chi connectivity index (χ4v) is 9.60. The van der Waals surface area contributed by atoms with E-state index in [1.165, 1.54) is 61.5 Å². The van der Waals surface area contributed by atoms with Gasteiger partial charge in [-0.25, -0.2) is 9.97 Å². The average Bonchev–Trinajstić information content (AvgIpc) is 3.25. The molecule has 2 aliphatic rings. The van der Waals surface area contributed by atoms with E-state index in [4.69, 9.17) is 11.6 Å². The molecule has 3 aromatic heterocycles. The first kappa shape index (κ1) is 35.9. The number of fused-ring (bicyclic) bond motifs is 10. The summed E-state index contributed by atoms with van der Waals surface area (Å²) in [5, 5.41) is 1.04. The summed E-state index contributed by atoms with van der Waals surface area (Å²) in [5.74, 6) is 0.337. The van der Waals surface area contributed by atoms with Crippen molar-refractivity contribution in [3.05, 3.63) is 187 Å². The maximum atomic E-state index is 4.98. The number of nitrogens with zero attached hydrogens (tertiary/aromatic N) is 4. The van der Waals surface area contributed by atoms with Crippen molar-refractivity contribution < 1.29 is 9.13 Å². The fourth-order valence-electron chi connectivity index (χ4n) is 9.60. The van der Waals surface area contributed by atoms with Crippen molar-refractivity contribution in [2.24, 2.45) is 0 Å². The molecule has 5 aromatic carbocycles. The van der Waals surface area contributed by atoms with Crippen LogP contribution in [0.5, 0.6) is 0 Å². The van der Waals surface area contributed by atoms with E-state index >= 15 is 0 Å². The monoisotopic (exact) mass is 752 g/mol. The van der Waals surface area contributed by atoms with Crippen LogP contribution < -0.4 is 9.13 Å². The van der Waals surface area contributed by atoms with Gasteiger partial charge >= 0.3 is 0 Å². The van der Waals surface area contributed by atoms with Crippen LogP contribution in [0.25, 0.3) is 72.5 Å². The second-order valence-electron chi connectivity index (χ2n) is 17.2. The maximum Gasteiger partial charge on any atom is 0.218 e. The largest absolute Gasteiger partial charge is 0.244 e. The van der Waals surface area contributed by atoms with Crippen molar-refractivity contribution in [1.29, 1.82) is 0 Å². The zero-order valence-electron chi connectivity index (χ0n) is 33.8. The number of benzene rings is 5. The standard InChI is InChI=1S/C54H48N4/c1-35-25-27-58-50(29-35)46-18-12-11-17-44(46)47-22-21-38-19-20-39(31-48(38)52-32-40(54(3,4)5)26-28-57(52)36(2)30-51(47)58)42-23-24-45(49-33-55-34-56-53(42)49)43-16-10-9-15-41(43)37-13-7-6-8-14-37/h6-20,23-29,31-34,47,51H,2,21-22,30H2,1,3-5H3/q+2. The Bertz CT molecular complexity index is 2900. The number of pyridine rings is 2. The van der Waals surface area contributed by atoms with Crippen LogP contribution in [-0.4, -0.2) is 9.97 Å². The van der Waals surface area contributed by atoms with Crippen LogP contribution in [0.3, 0.4) is 0 Å². The van der Waals surface area contributed by atoms with Gasteiger partial charge in [-0.1, -0.05) is 118 Å². The van der Waals surface area contributed by atoms with Gasteiger partial charge in [0, 0.05) is 52.9 Å². The third-order valence-corrected chi connectivity index (χ3v) is 12.6. The summed E-state index contributed by atoms with van der Waals surface area (Å²) in [4.78, 5) is 9.54. The minimum absolute atomic E-state index is 0.0200. The Kier molecular flexibility index (Phi) is 8.75. The maximum absolute atomic E-state index is 4.98. The zero-order chi connectivity index (χ0) is 39.5. The molecule has 10 rings (SSSR count). The van der Waals surface area contributed by atoms with Crippen LogP contribution in [0, 0.1) is 6.92 Å². The lowest BCUT2D eigenvalue weighted by atomic mass is 9.77. The molecule has 282 valence electrons. The third kappa shape index (κ3) is 6.15. The highest BCUT2D eigenvalue weighted by molar-refractivity contribution is 6.04. The molecule has 2 aliphatic heterocycles. The van der Waals surface area contributed by atoms with E-state index in [1.54, 1.807) is 6.33 Å². The van der Waals surface area contributed by atoms with Crippen molar-refractivity contribution >= 4 is 16.6 Å². The summed E-state index contributed by atoms with van der Waals surface area (Å²) in [5.41, 5.74) is 19.4. The van der Waals surface area contributed by atoms with Crippen LogP contribution in [0.1, 0.15) is 67.8 Å². The SMILES string of the molecule is C=C1CC2C(CCc3ccc(-c4ccc(-c5ccccc5-c5ccccc5)c5cncnc45)cc3-c3cc(C(C)(C)C)cc[n+]31)c1ccccc1-c1cc(C)cc[n+]12. The smallest absolute Gasteiger partial charge is 0.218 e. The van der Waals surface area contributed by atoms with E-state index < -0.39 is 0 Å². The van der Waals surface area contributed by atoms with Gasteiger partial charge in [-0.05, 0) is 94.0 Å². The molecule has 0 saturated heterocycles.